The lowest BCUT2D eigenvalue weighted by molar-refractivity contribution is 0.496. The second-order valence-corrected chi connectivity index (χ2v) is 10.6. The van der Waals surface area contributed by atoms with Gasteiger partial charge in [-0.25, -0.2) is 0 Å². The molecular formula is C31H30N6O. The first-order valence-corrected chi connectivity index (χ1v) is 13.3. The summed E-state index contributed by atoms with van der Waals surface area (Å²) in [5, 5.41) is 9.15. The minimum atomic E-state index is 0.00950. The summed E-state index contributed by atoms with van der Waals surface area (Å²) in [7, 11) is 0. The van der Waals surface area contributed by atoms with Gasteiger partial charge in [-0.3, -0.25) is 20.3 Å². The molecule has 5 heterocycles. The quantitative estimate of drug-likeness (QED) is 0.284. The van der Waals surface area contributed by atoms with Crippen LogP contribution in [0.15, 0.2) is 81.3 Å². The lowest BCUT2D eigenvalue weighted by Crippen LogP contribution is -2.35. The van der Waals surface area contributed by atoms with E-state index in [0.29, 0.717) is 11.8 Å². The number of aliphatic imine (C=N–C) groups is 2. The molecule has 2 aromatic carbocycles. The number of fused-ring (bicyclic) bond motifs is 2. The van der Waals surface area contributed by atoms with Crippen molar-refractivity contribution in [1.82, 2.24) is 20.6 Å². The maximum absolute atomic E-state index is 6.23. The highest BCUT2D eigenvalue weighted by molar-refractivity contribution is 6.02. The van der Waals surface area contributed by atoms with Gasteiger partial charge in [-0.2, -0.15) is 0 Å². The second kappa shape index (κ2) is 9.26. The van der Waals surface area contributed by atoms with Gasteiger partial charge in [-0.1, -0.05) is 38.1 Å². The van der Waals surface area contributed by atoms with Gasteiger partial charge in [0.2, 0.25) is 0 Å². The van der Waals surface area contributed by atoms with E-state index in [9.17, 15) is 0 Å². The first kappa shape index (κ1) is 22.9. The molecule has 2 aliphatic heterocycles. The Hall–Kier alpha value is -4.23. The van der Waals surface area contributed by atoms with Crippen molar-refractivity contribution in [3.8, 4) is 22.7 Å². The van der Waals surface area contributed by atoms with Gasteiger partial charge in [0.05, 0.1) is 11.4 Å². The highest BCUT2D eigenvalue weighted by atomic mass is 16.3. The number of aromatic nitrogens is 2. The molecule has 0 bridgehead atoms. The molecule has 3 atom stereocenters. The van der Waals surface area contributed by atoms with Crippen LogP contribution in [0.3, 0.4) is 0 Å². The highest BCUT2D eigenvalue weighted by Gasteiger charge is 2.17. The van der Waals surface area contributed by atoms with Gasteiger partial charge in [-0.15, -0.1) is 0 Å². The highest BCUT2D eigenvalue weighted by Crippen LogP contribution is 2.31. The largest absolute Gasteiger partial charge is 0.456 e. The number of amidine groups is 1. The smallest absolute Gasteiger partial charge is 0.136 e. The number of rotatable bonds is 4. The van der Waals surface area contributed by atoms with E-state index in [2.05, 4.69) is 94.0 Å². The van der Waals surface area contributed by atoms with Crippen molar-refractivity contribution in [2.24, 2.45) is 21.8 Å². The maximum Gasteiger partial charge on any atom is 0.136 e. The number of furan rings is 1. The van der Waals surface area contributed by atoms with Gasteiger partial charge in [0, 0.05) is 65.4 Å². The molecule has 0 aliphatic carbocycles. The monoisotopic (exact) mass is 502 g/mol. The molecule has 0 fully saturated rings. The van der Waals surface area contributed by atoms with Crippen LogP contribution in [-0.2, 0) is 0 Å². The number of H-pyrrole nitrogens is 1. The Kier molecular flexibility index (Phi) is 5.59. The summed E-state index contributed by atoms with van der Waals surface area (Å²) in [5.74, 6) is 2.78. The van der Waals surface area contributed by atoms with Crippen LogP contribution < -0.4 is 10.6 Å². The molecule has 0 saturated carbocycles. The summed E-state index contributed by atoms with van der Waals surface area (Å²) in [4.78, 5) is 17.6. The fraction of sp³-hybridized carbons (Fsp3) is 0.258. The van der Waals surface area contributed by atoms with E-state index in [4.69, 9.17) is 9.40 Å². The van der Waals surface area contributed by atoms with E-state index in [-0.39, 0.29) is 6.17 Å². The average Bonchev–Trinajstić information content (AvgIpc) is 3.58. The molecule has 3 N–H and O–H groups in total. The number of nitrogens with zero attached hydrogens (tertiary/aromatic N) is 3. The Labute approximate surface area is 221 Å². The lowest BCUT2D eigenvalue weighted by Gasteiger charge is -2.21. The van der Waals surface area contributed by atoms with Crippen molar-refractivity contribution < 1.29 is 4.42 Å². The molecule has 2 aliphatic rings. The van der Waals surface area contributed by atoms with E-state index in [1.165, 1.54) is 0 Å². The summed E-state index contributed by atoms with van der Waals surface area (Å²) in [6.45, 7) is 7.11. The van der Waals surface area contributed by atoms with Crippen molar-refractivity contribution in [1.29, 1.82) is 0 Å². The molecule has 0 spiro atoms. The van der Waals surface area contributed by atoms with Gasteiger partial charge >= 0.3 is 0 Å². The summed E-state index contributed by atoms with van der Waals surface area (Å²) in [5.41, 5.74) is 6.97. The van der Waals surface area contributed by atoms with Gasteiger partial charge in [0.15, 0.2) is 0 Å². The number of aromatic amines is 1. The summed E-state index contributed by atoms with van der Waals surface area (Å²) in [6, 6.07) is 21.0. The zero-order valence-electron chi connectivity index (χ0n) is 21.5. The molecule has 0 saturated heterocycles. The van der Waals surface area contributed by atoms with Crippen molar-refractivity contribution in [3.05, 3.63) is 78.0 Å². The molecule has 0 amide bonds. The third kappa shape index (κ3) is 4.29. The normalized spacial score (nSPS) is 21.5. The number of benzene rings is 2. The van der Waals surface area contributed by atoms with Crippen LogP contribution in [-0.4, -0.2) is 41.7 Å². The molecule has 7 heteroatoms. The fourth-order valence-electron chi connectivity index (χ4n) is 5.14. The van der Waals surface area contributed by atoms with Gasteiger partial charge in [0.1, 0.15) is 23.3 Å². The first-order valence-electron chi connectivity index (χ1n) is 13.3. The first-order chi connectivity index (χ1) is 18.6. The lowest BCUT2D eigenvalue weighted by atomic mass is 10.1. The minimum Gasteiger partial charge on any atom is -0.456 e. The predicted molar refractivity (Wildman–Crippen MR) is 154 cm³/mol. The molecular weight excluding hydrogens is 472 g/mol. The van der Waals surface area contributed by atoms with Crippen LogP contribution in [0.2, 0.25) is 0 Å². The van der Waals surface area contributed by atoms with Gasteiger partial charge in [0.25, 0.3) is 0 Å². The third-order valence-corrected chi connectivity index (χ3v) is 7.38. The molecule has 3 unspecified atom stereocenters. The summed E-state index contributed by atoms with van der Waals surface area (Å²) in [6.07, 6.45) is 3.93. The predicted octanol–water partition coefficient (Wildman–Crippen LogP) is 5.94. The number of nitrogens with one attached hydrogen (secondary N) is 3. The van der Waals surface area contributed by atoms with Gasteiger partial charge < -0.3 is 14.7 Å². The molecule has 7 nitrogen and oxygen atoms in total. The van der Waals surface area contributed by atoms with Crippen LogP contribution in [0.25, 0.3) is 44.6 Å². The van der Waals surface area contributed by atoms with E-state index in [0.717, 1.165) is 81.2 Å². The minimum absolute atomic E-state index is 0.00950. The topological polar surface area (TPSA) is 90.6 Å². The van der Waals surface area contributed by atoms with E-state index < -0.39 is 0 Å². The van der Waals surface area contributed by atoms with Crippen molar-refractivity contribution in [3.63, 3.8) is 0 Å². The molecule has 190 valence electrons. The summed E-state index contributed by atoms with van der Waals surface area (Å²) >= 11 is 0. The number of pyridine rings is 1. The van der Waals surface area contributed by atoms with E-state index in [1.54, 1.807) is 0 Å². The van der Waals surface area contributed by atoms with Crippen molar-refractivity contribution in [2.45, 2.75) is 20.0 Å². The van der Waals surface area contributed by atoms with E-state index >= 15 is 0 Å². The Morgan fingerprint density at radius 2 is 1.79 bits per heavy atom. The van der Waals surface area contributed by atoms with Crippen molar-refractivity contribution in [2.75, 3.05) is 19.6 Å². The molecule has 0 radical (unpaired) electrons. The van der Waals surface area contributed by atoms with Crippen LogP contribution in [0.1, 0.15) is 31.1 Å². The number of hydrogen-bond donors (Lipinski definition) is 3. The third-order valence-electron chi connectivity index (χ3n) is 7.38. The SMILES string of the molecule is CC1C=NC(c2ccc3cc(-c4ccc(-c5cc6ccc(C7=NCC(C)CN7)cc6o5)cn4)[nH]c3c2)NC1. The number of hydrogen-bond acceptors (Lipinski definition) is 6. The molecule has 5 aromatic rings. The second-order valence-electron chi connectivity index (χ2n) is 10.6. The Bertz CT molecular complexity index is 1690. The molecule has 7 rings (SSSR count). The molecule has 38 heavy (non-hydrogen) atoms. The Balaban J connectivity index is 1.13. The summed E-state index contributed by atoms with van der Waals surface area (Å²) < 4.78 is 6.23. The van der Waals surface area contributed by atoms with Crippen LogP contribution in [0.4, 0.5) is 0 Å². The van der Waals surface area contributed by atoms with Crippen molar-refractivity contribution >= 4 is 33.9 Å². The van der Waals surface area contributed by atoms with Gasteiger partial charge in [-0.05, 0) is 47.9 Å². The fourth-order valence-corrected chi connectivity index (χ4v) is 5.14. The average molecular weight is 503 g/mol. The maximum atomic E-state index is 6.23. The molecule has 3 aromatic heterocycles. The zero-order valence-corrected chi connectivity index (χ0v) is 21.5. The standard InChI is InChI=1S/C31H30N6O/c1-18-13-33-30(34-14-18)22-5-3-20-9-27(37-26(20)10-22)25-8-7-24(17-32-25)29-11-21-4-6-23(12-28(21)38-29)31-35-15-19(2)16-36-31/h3-13,17-19,30,34,37H,14-16H2,1-2H3,(H,35,36). The Morgan fingerprint density at radius 3 is 2.58 bits per heavy atom. The van der Waals surface area contributed by atoms with Crippen LogP contribution in [0, 0.1) is 11.8 Å². The van der Waals surface area contributed by atoms with Crippen LogP contribution in [0.5, 0.6) is 0 Å². The van der Waals surface area contributed by atoms with E-state index in [1.807, 2.05) is 18.5 Å². The van der Waals surface area contributed by atoms with Crippen LogP contribution >= 0.6 is 0 Å². The Morgan fingerprint density at radius 1 is 0.895 bits per heavy atom. The zero-order chi connectivity index (χ0) is 25.6.